The van der Waals surface area contributed by atoms with E-state index in [9.17, 15) is 9.59 Å². The summed E-state index contributed by atoms with van der Waals surface area (Å²) >= 11 is 1.75. The smallest absolute Gasteiger partial charge is 0.250 e. The first kappa shape index (κ1) is 17.4. The van der Waals surface area contributed by atoms with Crippen molar-refractivity contribution in [3.63, 3.8) is 0 Å². The molecule has 0 bridgehead atoms. The summed E-state index contributed by atoms with van der Waals surface area (Å²) in [6.07, 6.45) is 3.74. The van der Waals surface area contributed by atoms with Gasteiger partial charge in [0.15, 0.2) is 0 Å². The predicted molar refractivity (Wildman–Crippen MR) is 103 cm³/mol. The highest BCUT2D eigenvalue weighted by Crippen LogP contribution is 2.43. The van der Waals surface area contributed by atoms with Gasteiger partial charge in [-0.2, -0.15) is 0 Å². The van der Waals surface area contributed by atoms with Crippen molar-refractivity contribution in [2.75, 3.05) is 24.5 Å². The minimum absolute atomic E-state index is 0.0597. The molecule has 1 atom stereocenters. The number of piperidine rings is 1. The lowest BCUT2D eigenvalue weighted by Crippen LogP contribution is -2.67. The molecule has 26 heavy (non-hydrogen) atoms. The molecular weight excluding hydrogens is 348 g/mol. The molecule has 0 unspecified atom stereocenters. The molecule has 2 aliphatic rings. The van der Waals surface area contributed by atoms with E-state index >= 15 is 0 Å². The molecule has 1 amide bonds. The van der Waals surface area contributed by atoms with E-state index in [1.54, 1.807) is 30.6 Å². The first-order chi connectivity index (χ1) is 12.4. The number of carbonyl (C=O) groups is 1. The molecule has 4 heterocycles. The lowest BCUT2D eigenvalue weighted by atomic mass is 9.72. The summed E-state index contributed by atoms with van der Waals surface area (Å²) in [6.45, 7) is 7.57. The van der Waals surface area contributed by atoms with Gasteiger partial charge in [-0.3, -0.25) is 14.5 Å². The fourth-order valence-corrected chi connectivity index (χ4v) is 5.15. The minimum atomic E-state index is -0.263. The number of likely N-dealkylation sites (tertiary alicyclic amines) is 1. The topological polar surface area (TPSA) is 58.4 Å². The number of aryl methyl sites for hydroxylation is 3. The molecule has 0 aromatic carbocycles. The summed E-state index contributed by atoms with van der Waals surface area (Å²) in [6, 6.07) is 3.27. The Morgan fingerprint density at radius 3 is 2.69 bits per heavy atom. The van der Waals surface area contributed by atoms with Gasteiger partial charge in [-0.05, 0) is 39.3 Å². The van der Waals surface area contributed by atoms with E-state index in [-0.39, 0.29) is 16.9 Å². The van der Waals surface area contributed by atoms with Gasteiger partial charge in [0.1, 0.15) is 0 Å². The quantitative estimate of drug-likeness (QED) is 0.774. The van der Waals surface area contributed by atoms with Crippen molar-refractivity contribution in [3.05, 3.63) is 44.3 Å². The first-order valence-corrected chi connectivity index (χ1v) is 9.83. The lowest BCUT2D eigenvalue weighted by Gasteiger charge is -2.53. The number of aromatic nitrogens is 2. The van der Waals surface area contributed by atoms with Crippen molar-refractivity contribution >= 4 is 22.9 Å². The lowest BCUT2D eigenvalue weighted by molar-refractivity contribution is -0.139. The molecule has 1 spiro atoms. The molecular formula is C19H24N4O2S. The van der Waals surface area contributed by atoms with E-state index in [0.29, 0.717) is 0 Å². The van der Waals surface area contributed by atoms with Gasteiger partial charge in [-0.15, -0.1) is 11.3 Å². The molecule has 0 N–H and O–H groups in total. The fraction of sp³-hybridized carbons (Fsp3) is 0.526. The zero-order valence-corrected chi connectivity index (χ0v) is 16.3. The zero-order valence-electron chi connectivity index (χ0n) is 15.5. The van der Waals surface area contributed by atoms with Crippen LogP contribution in [0.15, 0.2) is 23.1 Å². The van der Waals surface area contributed by atoms with Crippen LogP contribution in [0, 0.1) is 19.3 Å². The standard InChI is InChI=1S/C19H24N4O2S/c1-13-16(26-14(2)20-13)10-22-8-4-7-19(11-22)12-23(18(19)25)15-5-6-17(24)21(3)9-15/h5-6,9H,4,7-8,10-12H2,1-3H3/t19-/m0/s1. The largest absolute Gasteiger partial charge is 0.317 e. The summed E-state index contributed by atoms with van der Waals surface area (Å²) in [7, 11) is 1.72. The number of hydrogen-bond donors (Lipinski definition) is 0. The van der Waals surface area contributed by atoms with Crippen LogP contribution in [-0.2, 0) is 18.4 Å². The highest BCUT2D eigenvalue weighted by Gasteiger charge is 2.54. The van der Waals surface area contributed by atoms with Gasteiger partial charge >= 0.3 is 0 Å². The number of carbonyl (C=O) groups excluding carboxylic acids is 1. The van der Waals surface area contributed by atoms with Crippen LogP contribution in [0.3, 0.4) is 0 Å². The van der Waals surface area contributed by atoms with Crippen molar-refractivity contribution < 1.29 is 4.79 Å². The second-order valence-corrected chi connectivity index (χ2v) is 8.85. The maximum Gasteiger partial charge on any atom is 0.250 e. The molecule has 2 saturated heterocycles. The number of β-lactam (4-membered cyclic amide) rings is 1. The molecule has 0 aliphatic carbocycles. The number of amides is 1. The van der Waals surface area contributed by atoms with Crippen LogP contribution in [0.25, 0.3) is 0 Å². The van der Waals surface area contributed by atoms with Crippen LogP contribution in [0.4, 0.5) is 5.69 Å². The average Bonchev–Trinajstić information content (AvgIpc) is 2.92. The van der Waals surface area contributed by atoms with Gasteiger partial charge < -0.3 is 9.47 Å². The Morgan fingerprint density at radius 2 is 2.04 bits per heavy atom. The third-order valence-corrected chi connectivity index (χ3v) is 6.62. The summed E-state index contributed by atoms with van der Waals surface area (Å²) in [5.74, 6) is 0.193. The fourth-order valence-electron chi connectivity index (χ4n) is 4.17. The second kappa shape index (κ2) is 6.32. The van der Waals surface area contributed by atoms with E-state index in [1.165, 1.54) is 15.5 Å². The van der Waals surface area contributed by atoms with Crippen LogP contribution >= 0.6 is 11.3 Å². The Hall–Kier alpha value is -1.99. The molecule has 2 aromatic heterocycles. The number of pyridine rings is 1. The highest BCUT2D eigenvalue weighted by molar-refractivity contribution is 7.11. The van der Waals surface area contributed by atoms with Crippen molar-refractivity contribution in [3.8, 4) is 0 Å². The molecule has 7 heteroatoms. The number of hydrogen-bond acceptors (Lipinski definition) is 5. The minimum Gasteiger partial charge on any atom is -0.317 e. The summed E-state index contributed by atoms with van der Waals surface area (Å²) < 4.78 is 1.52. The van der Waals surface area contributed by atoms with Crippen LogP contribution in [0.2, 0.25) is 0 Å². The van der Waals surface area contributed by atoms with Crippen LogP contribution in [0.5, 0.6) is 0 Å². The third-order valence-electron chi connectivity index (χ3n) is 5.56. The molecule has 2 aliphatic heterocycles. The van der Waals surface area contributed by atoms with Crippen molar-refractivity contribution in [1.82, 2.24) is 14.5 Å². The Kier molecular flexibility index (Phi) is 4.23. The van der Waals surface area contributed by atoms with Gasteiger partial charge in [-0.25, -0.2) is 4.98 Å². The Labute approximate surface area is 157 Å². The van der Waals surface area contributed by atoms with E-state index < -0.39 is 0 Å². The van der Waals surface area contributed by atoms with Gasteiger partial charge in [-0.1, -0.05) is 0 Å². The summed E-state index contributed by atoms with van der Waals surface area (Å²) in [5.41, 5.74) is 1.60. The highest BCUT2D eigenvalue weighted by atomic mass is 32.1. The number of nitrogens with zero attached hydrogens (tertiary/aromatic N) is 4. The molecule has 0 saturated carbocycles. The Balaban J connectivity index is 1.47. The Morgan fingerprint density at radius 1 is 1.23 bits per heavy atom. The SMILES string of the molecule is Cc1nc(C)c(CN2CCC[C@]3(C2)CN(c2ccc(=O)n(C)c2)C3=O)s1. The van der Waals surface area contributed by atoms with Crippen molar-refractivity contribution in [1.29, 1.82) is 0 Å². The van der Waals surface area contributed by atoms with Gasteiger partial charge in [0.25, 0.3) is 0 Å². The normalized spacial score (nSPS) is 23.5. The van der Waals surface area contributed by atoms with E-state index in [1.807, 2.05) is 11.8 Å². The van der Waals surface area contributed by atoms with Crippen LogP contribution in [-0.4, -0.2) is 40.0 Å². The molecule has 0 radical (unpaired) electrons. The van der Waals surface area contributed by atoms with Crippen molar-refractivity contribution in [2.24, 2.45) is 12.5 Å². The first-order valence-electron chi connectivity index (χ1n) is 9.02. The van der Waals surface area contributed by atoms with E-state index in [4.69, 9.17) is 0 Å². The molecule has 138 valence electrons. The average molecular weight is 372 g/mol. The zero-order chi connectivity index (χ0) is 18.5. The van der Waals surface area contributed by atoms with E-state index in [2.05, 4.69) is 16.8 Å². The second-order valence-electron chi connectivity index (χ2n) is 7.56. The van der Waals surface area contributed by atoms with Gasteiger partial charge in [0.2, 0.25) is 11.5 Å². The number of anilines is 1. The van der Waals surface area contributed by atoms with Gasteiger partial charge in [0.05, 0.1) is 21.8 Å². The number of thiazole rings is 1. The van der Waals surface area contributed by atoms with Crippen LogP contribution in [0.1, 0.15) is 28.4 Å². The monoisotopic (exact) mass is 372 g/mol. The van der Waals surface area contributed by atoms with E-state index in [0.717, 1.165) is 55.4 Å². The summed E-state index contributed by atoms with van der Waals surface area (Å²) in [5, 5.41) is 1.10. The molecule has 2 fully saturated rings. The maximum absolute atomic E-state index is 13.0. The molecule has 6 nitrogen and oxygen atoms in total. The maximum atomic E-state index is 13.0. The van der Waals surface area contributed by atoms with Gasteiger partial charge in [0, 0.05) is 43.8 Å². The predicted octanol–water partition coefficient (Wildman–Crippen LogP) is 2.09. The Bertz CT molecular complexity index is 919. The molecule has 4 rings (SSSR count). The summed E-state index contributed by atoms with van der Waals surface area (Å²) in [4.78, 5) is 34.6. The third kappa shape index (κ3) is 2.89. The van der Waals surface area contributed by atoms with Crippen LogP contribution < -0.4 is 10.5 Å². The number of rotatable bonds is 3. The van der Waals surface area contributed by atoms with Crippen molar-refractivity contribution in [2.45, 2.75) is 33.2 Å². The molecule has 2 aromatic rings.